The standard InChI is InChI=1S/C45H84O16P2/c1-3-5-7-9-11-13-15-17-19-21-23-25-27-29-31-33-38(46)57-35-37(59-39(47)34-32-30-28-26-24-22-20-18-16-14-12-10-8-6-4-2)36-58-63(55,56)61-45-42(50)40(48)41(49)44(43(45)51)60-62(52,53)54/h17-20,37,40-45,48-51H,3-16,21-36H2,1-2H3,(H,55,56)(H2,52,53,54)/b19-17-,20-18-/t37-,40+,41+,42-,43-,44-,45+/m1/s1. The molecule has 0 aliphatic heterocycles. The van der Waals surface area contributed by atoms with E-state index in [-0.39, 0.29) is 12.8 Å². The lowest BCUT2D eigenvalue weighted by Crippen LogP contribution is -2.64. The van der Waals surface area contributed by atoms with Crippen LogP contribution in [0, 0.1) is 0 Å². The van der Waals surface area contributed by atoms with Crippen LogP contribution in [0.4, 0.5) is 0 Å². The minimum atomic E-state index is -5.36. The van der Waals surface area contributed by atoms with Crippen molar-refractivity contribution in [2.75, 3.05) is 13.2 Å². The Morgan fingerprint density at radius 1 is 0.492 bits per heavy atom. The molecule has 1 fully saturated rings. The van der Waals surface area contributed by atoms with Gasteiger partial charge in [-0.05, 0) is 64.2 Å². The van der Waals surface area contributed by atoms with Gasteiger partial charge in [-0.25, -0.2) is 9.13 Å². The average molecular weight is 943 g/mol. The number of carbonyl (C=O) groups is 2. The molecule has 7 N–H and O–H groups in total. The van der Waals surface area contributed by atoms with Crippen molar-refractivity contribution in [1.82, 2.24) is 0 Å². The number of aliphatic hydroxyl groups excluding tert-OH is 4. The Morgan fingerprint density at radius 3 is 1.30 bits per heavy atom. The monoisotopic (exact) mass is 943 g/mol. The minimum absolute atomic E-state index is 0.0342. The summed E-state index contributed by atoms with van der Waals surface area (Å²) in [5.41, 5.74) is 0. The Morgan fingerprint density at radius 2 is 0.873 bits per heavy atom. The number of carbonyl (C=O) groups excluding carboxylic acids is 2. The normalized spacial score (nSPS) is 22.1. The maximum atomic E-state index is 13.0. The largest absolute Gasteiger partial charge is 0.472 e. The van der Waals surface area contributed by atoms with Crippen molar-refractivity contribution in [3.63, 3.8) is 0 Å². The number of hydrogen-bond acceptors (Lipinski definition) is 13. The highest BCUT2D eigenvalue weighted by Crippen LogP contribution is 2.49. The van der Waals surface area contributed by atoms with Gasteiger partial charge in [-0.1, -0.05) is 141 Å². The lowest BCUT2D eigenvalue weighted by Gasteiger charge is -2.43. The van der Waals surface area contributed by atoms with Gasteiger partial charge in [-0.3, -0.25) is 23.2 Å². The number of hydrogen-bond donors (Lipinski definition) is 7. The van der Waals surface area contributed by atoms with E-state index in [1.54, 1.807) is 0 Å². The molecule has 1 saturated carbocycles. The predicted octanol–water partition coefficient (Wildman–Crippen LogP) is 8.95. The second-order valence-electron chi connectivity index (χ2n) is 16.8. The molecule has 16 nitrogen and oxygen atoms in total. The van der Waals surface area contributed by atoms with Crippen molar-refractivity contribution in [2.24, 2.45) is 0 Å². The van der Waals surface area contributed by atoms with Gasteiger partial charge in [-0.15, -0.1) is 0 Å². The number of aliphatic hydroxyl groups is 4. The average Bonchev–Trinajstić information content (AvgIpc) is 3.23. The second-order valence-corrected chi connectivity index (χ2v) is 19.4. The first-order valence-electron chi connectivity index (χ1n) is 23.9. The summed E-state index contributed by atoms with van der Waals surface area (Å²) in [6.07, 6.45) is 22.8. The van der Waals surface area contributed by atoms with Crippen molar-refractivity contribution in [1.29, 1.82) is 0 Å². The van der Waals surface area contributed by atoms with E-state index >= 15 is 0 Å². The van der Waals surface area contributed by atoms with Crippen LogP contribution in [0.25, 0.3) is 0 Å². The second kappa shape index (κ2) is 36.6. The Kier molecular flexibility index (Phi) is 34.5. The Labute approximate surface area is 377 Å². The molecule has 0 aromatic rings. The Bertz CT molecular complexity index is 1330. The number of esters is 2. The van der Waals surface area contributed by atoms with Gasteiger partial charge < -0.3 is 44.6 Å². The van der Waals surface area contributed by atoms with E-state index in [9.17, 15) is 44.0 Å². The fourth-order valence-electron chi connectivity index (χ4n) is 7.25. The zero-order valence-electron chi connectivity index (χ0n) is 38.3. The molecule has 0 aromatic carbocycles. The first-order valence-corrected chi connectivity index (χ1v) is 26.9. The third-order valence-electron chi connectivity index (χ3n) is 11.0. The number of allylic oxidation sites excluding steroid dienone is 4. The van der Waals surface area contributed by atoms with Gasteiger partial charge in [0.25, 0.3) is 0 Å². The zero-order valence-corrected chi connectivity index (χ0v) is 40.1. The van der Waals surface area contributed by atoms with Gasteiger partial charge in [0.05, 0.1) is 6.61 Å². The lowest BCUT2D eigenvalue weighted by atomic mass is 9.85. The maximum absolute atomic E-state index is 13.0. The van der Waals surface area contributed by atoms with E-state index in [1.165, 1.54) is 77.0 Å². The highest BCUT2D eigenvalue weighted by atomic mass is 31.2. The van der Waals surface area contributed by atoms with Crippen LogP contribution < -0.4 is 0 Å². The molecule has 0 spiro atoms. The van der Waals surface area contributed by atoms with Crippen LogP contribution in [0.1, 0.15) is 194 Å². The Hall–Kier alpha value is -1.52. The van der Waals surface area contributed by atoms with Crippen LogP contribution in [0.5, 0.6) is 0 Å². The van der Waals surface area contributed by atoms with Gasteiger partial charge in [-0.2, -0.15) is 0 Å². The summed E-state index contributed by atoms with van der Waals surface area (Å²) in [6.45, 7) is 3.09. The molecule has 0 heterocycles. The smallest absolute Gasteiger partial charge is 0.462 e. The molecule has 1 aliphatic carbocycles. The van der Waals surface area contributed by atoms with E-state index in [1.807, 2.05) is 0 Å². The van der Waals surface area contributed by atoms with Crippen molar-refractivity contribution < 1.29 is 76.9 Å². The van der Waals surface area contributed by atoms with E-state index in [0.29, 0.717) is 12.8 Å². The fraction of sp³-hybridized carbons (Fsp3) is 0.867. The van der Waals surface area contributed by atoms with Crippen LogP contribution in [0.3, 0.4) is 0 Å². The van der Waals surface area contributed by atoms with Crippen LogP contribution in [0.2, 0.25) is 0 Å². The van der Waals surface area contributed by atoms with Crippen LogP contribution >= 0.6 is 15.6 Å². The molecule has 0 amide bonds. The van der Waals surface area contributed by atoms with Crippen LogP contribution in [-0.4, -0.2) is 103 Å². The molecular formula is C45H84O16P2. The van der Waals surface area contributed by atoms with Crippen LogP contribution in [0.15, 0.2) is 24.3 Å². The van der Waals surface area contributed by atoms with Crippen molar-refractivity contribution in [2.45, 2.75) is 236 Å². The fourth-order valence-corrected chi connectivity index (χ4v) is 8.79. The van der Waals surface area contributed by atoms with Crippen molar-refractivity contribution in [3.8, 4) is 0 Å². The molecule has 1 aliphatic rings. The highest BCUT2D eigenvalue weighted by Gasteiger charge is 2.54. The zero-order chi connectivity index (χ0) is 46.8. The summed E-state index contributed by atoms with van der Waals surface area (Å²) < 4.78 is 49.4. The number of unbranched alkanes of at least 4 members (excludes halogenated alkanes) is 22. The SMILES string of the molecule is CCCCCCCC/C=C\CCCCCCCC(=O)OC[C@H](COP(=O)(O)O[C@@H]1[C@H](O)[C@H](OP(=O)(O)O)[C@@H](O)[C@H](O)[C@H]1O)OC(=O)CCCCCCC/C=C\CCCCCCCC. The molecule has 0 saturated heterocycles. The lowest BCUT2D eigenvalue weighted by molar-refractivity contribution is -0.216. The van der Waals surface area contributed by atoms with E-state index in [0.717, 1.165) is 77.0 Å². The first kappa shape index (κ1) is 59.5. The molecular weight excluding hydrogens is 858 g/mol. The topological polar surface area (TPSA) is 256 Å². The molecule has 0 bridgehead atoms. The first-order chi connectivity index (χ1) is 30.1. The summed E-state index contributed by atoms with van der Waals surface area (Å²) in [4.78, 5) is 54.2. The van der Waals surface area contributed by atoms with E-state index in [4.69, 9.17) is 28.3 Å². The summed E-state index contributed by atoms with van der Waals surface area (Å²) in [6, 6.07) is 0. The van der Waals surface area contributed by atoms with Gasteiger partial charge in [0.1, 0.15) is 43.2 Å². The summed E-state index contributed by atoms with van der Waals surface area (Å²) in [5, 5.41) is 41.2. The van der Waals surface area contributed by atoms with E-state index in [2.05, 4.69) is 42.7 Å². The maximum Gasteiger partial charge on any atom is 0.472 e. The molecule has 8 atom stereocenters. The molecule has 18 heteroatoms. The minimum Gasteiger partial charge on any atom is -0.462 e. The van der Waals surface area contributed by atoms with Crippen molar-refractivity contribution >= 4 is 27.6 Å². The highest BCUT2D eigenvalue weighted by molar-refractivity contribution is 7.47. The van der Waals surface area contributed by atoms with E-state index < -0.39 is 83.5 Å². The predicted molar refractivity (Wildman–Crippen MR) is 241 cm³/mol. The molecule has 0 radical (unpaired) electrons. The van der Waals surface area contributed by atoms with Gasteiger partial charge in [0.15, 0.2) is 6.10 Å². The molecule has 370 valence electrons. The molecule has 63 heavy (non-hydrogen) atoms. The molecule has 1 rings (SSSR count). The molecule has 0 aromatic heterocycles. The number of ether oxygens (including phenoxy) is 2. The van der Waals surface area contributed by atoms with Gasteiger partial charge in [0, 0.05) is 12.8 Å². The van der Waals surface area contributed by atoms with Gasteiger partial charge in [0.2, 0.25) is 0 Å². The third kappa shape index (κ3) is 31.2. The molecule has 1 unspecified atom stereocenters. The summed E-state index contributed by atoms with van der Waals surface area (Å²) in [7, 11) is -10.7. The summed E-state index contributed by atoms with van der Waals surface area (Å²) >= 11 is 0. The number of phosphoric acid groups is 2. The third-order valence-corrected chi connectivity index (χ3v) is 12.5. The number of phosphoric ester groups is 2. The summed E-state index contributed by atoms with van der Waals surface area (Å²) in [5.74, 6) is -1.22. The number of rotatable bonds is 40. The quantitative estimate of drug-likeness (QED) is 0.0131. The Balaban J connectivity index is 2.60. The van der Waals surface area contributed by atoms with Gasteiger partial charge >= 0.3 is 27.6 Å². The van der Waals surface area contributed by atoms with Crippen molar-refractivity contribution in [3.05, 3.63) is 24.3 Å². The van der Waals surface area contributed by atoms with Crippen LogP contribution in [-0.2, 0) is 41.8 Å².